The van der Waals surface area contributed by atoms with Gasteiger partial charge in [-0.05, 0) is 47.0 Å². The Hall–Kier alpha value is -1.96. The van der Waals surface area contributed by atoms with Crippen LogP contribution in [-0.4, -0.2) is 33.8 Å². The summed E-state index contributed by atoms with van der Waals surface area (Å²) in [7, 11) is 1.84. The molecule has 0 aliphatic heterocycles. The molecule has 0 amide bonds. The van der Waals surface area contributed by atoms with E-state index < -0.39 is 0 Å². The van der Waals surface area contributed by atoms with Crippen LogP contribution in [0.3, 0.4) is 0 Å². The van der Waals surface area contributed by atoms with Gasteiger partial charge in [-0.3, -0.25) is 4.68 Å². The highest BCUT2D eigenvalue weighted by molar-refractivity contribution is 9.10. The van der Waals surface area contributed by atoms with Gasteiger partial charge in [0.05, 0.1) is 4.47 Å². The van der Waals surface area contributed by atoms with E-state index in [9.17, 15) is 4.39 Å². The summed E-state index contributed by atoms with van der Waals surface area (Å²) in [5, 5.41) is 10.5. The number of guanidine groups is 1. The number of aryl methyl sites for hydroxylation is 1. The maximum absolute atomic E-state index is 13.2. The fourth-order valence-electron chi connectivity index (χ4n) is 1.98. The summed E-state index contributed by atoms with van der Waals surface area (Å²) >= 11 is 3.20. The molecule has 23 heavy (non-hydrogen) atoms. The lowest BCUT2D eigenvalue weighted by Crippen LogP contribution is -2.38. The van der Waals surface area contributed by atoms with Crippen LogP contribution in [0.4, 0.5) is 4.39 Å². The topological polar surface area (TPSA) is 67.1 Å². The number of benzene rings is 1. The molecular formula is C15H20BrFN6. The molecule has 6 nitrogen and oxygen atoms in total. The SMILES string of the molecule is CCNC(=NCc1ncnn1C)NCCc1ccc(F)c(Br)c1. The molecule has 1 aromatic carbocycles. The molecule has 0 saturated carbocycles. The van der Waals surface area contributed by atoms with Crippen molar-refractivity contribution in [3.63, 3.8) is 0 Å². The Morgan fingerprint density at radius 3 is 2.87 bits per heavy atom. The number of aliphatic imine (C=N–C) groups is 1. The van der Waals surface area contributed by atoms with Crippen LogP contribution in [0.15, 0.2) is 34.0 Å². The van der Waals surface area contributed by atoms with Gasteiger partial charge in [-0.1, -0.05) is 6.07 Å². The number of nitrogens with one attached hydrogen (secondary N) is 2. The fourth-order valence-corrected chi connectivity index (χ4v) is 2.40. The first kappa shape index (κ1) is 17.4. The number of hydrogen-bond acceptors (Lipinski definition) is 3. The van der Waals surface area contributed by atoms with Crippen molar-refractivity contribution in [1.82, 2.24) is 25.4 Å². The van der Waals surface area contributed by atoms with Gasteiger partial charge < -0.3 is 10.6 Å². The molecule has 2 rings (SSSR count). The first-order valence-electron chi connectivity index (χ1n) is 7.39. The van der Waals surface area contributed by atoms with Crippen molar-refractivity contribution >= 4 is 21.9 Å². The third kappa shape index (κ3) is 5.31. The molecule has 1 heterocycles. The number of aromatic nitrogens is 3. The van der Waals surface area contributed by atoms with Gasteiger partial charge in [-0.2, -0.15) is 5.10 Å². The highest BCUT2D eigenvalue weighted by atomic mass is 79.9. The molecule has 0 aliphatic rings. The van der Waals surface area contributed by atoms with E-state index in [1.165, 1.54) is 12.4 Å². The van der Waals surface area contributed by atoms with Crippen LogP contribution in [0.25, 0.3) is 0 Å². The van der Waals surface area contributed by atoms with Crippen LogP contribution in [0.5, 0.6) is 0 Å². The Balaban J connectivity index is 1.89. The Labute approximate surface area is 143 Å². The molecule has 124 valence electrons. The van der Waals surface area contributed by atoms with Gasteiger partial charge in [0.2, 0.25) is 0 Å². The Kier molecular flexibility index (Phi) is 6.52. The lowest BCUT2D eigenvalue weighted by Gasteiger charge is -2.11. The maximum atomic E-state index is 13.2. The predicted octanol–water partition coefficient (Wildman–Crippen LogP) is 2.01. The fraction of sp³-hybridized carbons (Fsp3) is 0.400. The van der Waals surface area contributed by atoms with Crippen LogP contribution in [0.1, 0.15) is 18.3 Å². The van der Waals surface area contributed by atoms with Crippen LogP contribution < -0.4 is 10.6 Å². The minimum absolute atomic E-state index is 0.250. The van der Waals surface area contributed by atoms with E-state index in [4.69, 9.17) is 0 Å². The van der Waals surface area contributed by atoms with E-state index in [2.05, 4.69) is 41.6 Å². The normalized spacial score (nSPS) is 11.6. The summed E-state index contributed by atoms with van der Waals surface area (Å²) in [5.74, 6) is 1.27. The van der Waals surface area contributed by atoms with E-state index in [0.29, 0.717) is 17.6 Å². The minimum Gasteiger partial charge on any atom is -0.357 e. The van der Waals surface area contributed by atoms with Gasteiger partial charge >= 0.3 is 0 Å². The molecule has 0 bridgehead atoms. The Morgan fingerprint density at radius 1 is 1.39 bits per heavy atom. The number of halogens is 2. The van der Waals surface area contributed by atoms with Gasteiger partial charge in [-0.25, -0.2) is 14.4 Å². The van der Waals surface area contributed by atoms with Crippen molar-refractivity contribution in [1.29, 1.82) is 0 Å². The third-order valence-electron chi connectivity index (χ3n) is 3.22. The molecule has 1 aromatic heterocycles. The molecular weight excluding hydrogens is 363 g/mol. The molecule has 0 fully saturated rings. The second-order valence-electron chi connectivity index (χ2n) is 4.92. The Bertz CT molecular complexity index is 670. The highest BCUT2D eigenvalue weighted by Crippen LogP contribution is 2.16. The molecule has 8 heteroatoms. The average Bonchev–Trinajstić information content (AvgIpc) is 2.93. The summed E-state index contributed by atoms with van der Waals surface area (Å²) in [5.41, 5.74) is 1.05. The van der Waals surface area contributed by atoms with E-state index in [1.807, 2.05) is 14.0 Å². The molecule has 0 radical (unpaired) electrons. The van der Waals surface area contributed by atoms with Crippen molar-refractivity contribution in [2.45, 2.75) is 19.9 Å². The van der Waals surface area contributed by atoms with Crippen LogP contribution in [0.2, 0.25) is 0 Å². The summed E-state index contributed by atoms with van der Waals surface area (Å²) in [4.78, 5) is 8.62. The van der Waals surface area contributed by atoms with E-state index in [1.54, 1.807) is 16.8 Å². The monoisotopic (exact) mass is 382 g/mol. The van der Waals surface area contributed by atoms with E-state index in [-0.39, 0.29) is 5.82 Å². The van der Waals surface area contributed by atoms with E-state index >= 15 is 0 Å². The molecule has 0 saturated heterocycles. The van der Waals surface area contributed by atoms with Crippen molar-refractivity contribution in [3.8, 4) is 0 Å². The predicted molar refractivity (Wildman–Crippen MR) is 91.6 cm³/mol. The zero-order valence-corrected chi connectivity index (χ0v) is 14.8. The van der Waals surface area contributed by atoms with Gasteiger partial charge in [0.1, 0.15) is 24.5 Å². The first-order chi connectivity index (χ1) is 11.1. The van der Waals surface area contributed by atoms with E-state index in [0.717, 1.165) is 30.3 Å². The van der Waals surface area contributed by atoms with Gasteiger partial charge in [0.15, 0.2) is 5.96 Å². The van der Waals surface area contributed by atoms with Crippen molar-refractivity contribution < 1.29 is 4.39 Å². The van der Waals surface area contributed by atoms with Crippen LogP contribution in [-0.2, 0) is 20.0 Å². The van der Waals surface area contributed by atoms with Crippen molar-refractivity contribution in [2.75, 3.05) is 13.1 Å². The minimum atomic E-state index is -0.250. The zero-order valence-electron chi connectivity index (χ0n) is 13.2. The summed E-state index contributed by atoms with van der Waals surface area (Å²) < 4.78 is 15.4. The van der Waals surface area contributed by atoms with Crippen molar-refractivity contribution in [3.05, 3.63) is 46.2 Å². The van der Waals surface area contributed by atoms with Crippen molar-refractivity contribution in [2.24, 2.45) is 12.0 Å². The maximum Gasteiger partial charge on any atom is 0.191 e. The van der Waals surface area contributed by atoms with Crippen LogP contribution in [0, 0.1) is 5.82 Å². The zero-order chi connectivity index (χ0) is 16.7. The molecule has 2 aromatic rings. The quantitative estimate of drug-likeness (QED) is 0.592. The number of rotatable bonds is 6. The summed E-state index contributed by atoms with van der Waals surface area (Å²) in [6.45, 7) is 3.93. The second-order valence-corrected chi connectivity index (χ2v) is 5.77. The highest BCUT2D eigenvalue weighted by Gasteiger charge is 2.03. The third-order valence-corrected chi connectivity index (χ3v) is 3.83. The smallest absolute Gasteiger partial charge is 0.191 e. The standard InChI is InChI=1S/C15H20BrFN6/c1-3-18-15(20-9-14-21-10-22-23(14)2)19-7-6-11-4-5-13(17)12(16)8-11/h4-5,8,10H,3,6-7,9H2,1-2H3,(H2,18,19,20). The number of nitrogens with zero attached hydrogens (tertiary/aromatic N) is 4. The lowest BCUT2D eigenvalue weighted by atomic mass is 10.1. The molecule has 2 N–H and O–H groups in total. The van der Waals surface area contributed by atoms with Gasteiger partial charge in [0, 0.05) is 20.1 Å². The second kappa shape index (κ2) is 8.61. The molecule has 0 atom stereocenters. The average molecular weight is 383 g/mol. The number of hydrogen-bond donors (Lipinski definition) is 2. The first-order valence-corrected chi connectivity index (χ1v) is 8.18. The molecule has 0 unspecified atom stereocenters. The largest absolute Gasteiger partial charge is 0.357 e. The summed E-state index contributed by atoms with van der Waals surface area (Å²) in [6, 6.07) is 5.04. The summed E-state index contributed by atoms with van der Waals surface area (Å²) in [6.07, 6.45) is 2.28. The van der Waals surface area contributed by atoms with Gasteiger partial charge in [0.25, 0.3) is 0 Å². The lowest BCUT2D eigenvalue weighted by molar-refractivity contribution is 0.620. The molecule has 0 aliphatic carbocycles. The Morgan fingerprint density at radius 2 is 2.22 bits per heavy atom. The van der Waals surface area contributed by atoms with Crippen LogP contribution >= 0.6 is 15.9 Å². The molecule has 0 spiro atoms. The van der Waals surface area contributed by atoms with Gasteiger partial charge in [-0.15, -0.1) is 0 Å².